The molecular weight excluding hydrogens is 371 g/mol. The molecule has 5 nitrogen and oxygen atoms in total. The number of alkyl halides is 2. The molecule has 2 aromatic heterocycles. The summed E-state index contributed by atoms with van der Waals surface area (Å²) in [6.45, 7) is 2.35. The Balaban J connectivity index is 1.65. The molecule has 1 aromatic carbocycles. The number of carbonyl (C=O) groups is 1. The van der Waals surface area contributed by atoms with Gasteiger partial charge >= 0.3 is 0 Å². The van der Waals surface area contributed by atoms with Gasteiger partial charge in [0.1, 0.15) is 5.82 Å². The molecule has 4 rings (SSSR count). The fraction of sp³-hybridized carbons (Fsp3) is 0.350. The summed E-state index contributed by atoms with van der Waals surface area (Å²) in [5.74, 6) is -1.23. The molecule has 0 spiro atoms. The number of amides is 1. The number of pyridine rings is 1. The molecular formula is C20H18F3N3O2. The number of likely N-dealkylation sites (tertiary alicyclic amines) is 1. The van der Waals surface area contributed by atoms with Crippen molar-refractivity contribution in [3.05, 3.63) is 58.7 Å². The lowest BCUT2D eigenvalue weighted by Crippen LogP contribution is -2.39. The van der Waals surface area contributed by atoms with Crippen LogP contribution < -0.4 is 0 Å². The highest BCUT2D eigenvalue weighted by atomic mass is 19.3. The average Bonchev–Trinajstić information content (AvgIpc) is 3.08. The van der Waals surface area contributed by atoms with Crippen LogP contribution in [-0.2, 0) is 0 Å². The van der Waals surface area contributed by atoms with E-state index in [0.29, 0.717) is 30.8 Å². The summed E-state index contributed by atoms with van der Waals surface area (Å²) in [4.78, 5) is 18.6. The minimum Gasteiger partial charge on any atom is -0.338 e. The number of nitrogens with zero attached hydrogens (tertiary/aromatic N) is 3. The molecule has 1 atom stereocenters. The van der Waals surface area contributed by atoms with Crippen molar-refractivity contribution in [3.63, 3.8) is 0 Å². The van der Waals surface area contributed by atoms with Gasteiger partial charge in [0.15, 0.2) is 0 Å². The first-order chi connectivity index (χ1) is 13.5. The summed E-state index contributed by atoms with van der Waals surface area (Å²) >= 11 is 0. The Kier molecular flexibility index (Phi) is 4.78. The second kappa shape index (κ2) is 7.26. The zero-order chi connectivity index (χ0) is 19.8. The number of halogens is 3. The zero-order valence-electron chi connectivity index (χ0n) is 15.2. The molecule has 28 heavy (non-hydrogen) atoms. The van der Waals surface area contributed by atoms with Crippen LogP contribution in [0.4, 0.5) is 13.2 Å². The largest absolute Gasteiger partial charge is 0.338 e. The third-order valence-corrected chi connectivity index (χ3v) is 5.13. The van der Waals surface area contributed by atoms with Crippen LogP contribution in [0, 0.1) is 12.7 Å². The normalized spacial score (nSPS) is 17.5. The van der Waals surface area contributed by atoms with E-state index in [1.54, 1.807) is 17.9 Å². The van der Waals surface area contributed by atoms with Crippen LogP contribution in [0.25, 0.3) is 11.1 Å². The Morgan fingerprint density at radius 3 is 2.86 bits per heavy atom. The van der Waals surface area contributed by atoms with E-state index >= 15 is 0 Å². The first kappa shape index (κ1) is 18.5. The topological polar surface area (TPSA) is 59.2 Å². The standard InChI is InChI=1S/C20H18F3N3O2/c1-11-17-14(18(22)23)9-16(24-19(17)28-25-11)12-5-4-8-26(10-12)20(27)13-6-2-3-7-15(13)21/h2-3,6-7,9,12,18H,4-5,8,10H2,1H3/t12-/m0/s1. The van der Waals surface area contributed by atoms with Crippen molar-refractivity contribution in [2.45, 2.75) is 32.1 Å². The van der Waals surface area contributed by atoms with Crippen LogP contribution in [0.15, 0.2) is 34.9 Å². The number of hydrogen-bond acceptors (Lipinski definition) is 4. The fourth-order valence-corrected chi connectivity index (χ4v) is 3.74. The molecule has 0 N–H and O–H groups in total. The van der Waals surface area contributed by atoms with Crippen molar-refractivity contribution < 1.29 is 22.5 Å². The highest BCUT2D eigenvalue weighted by molar-refractivity contribution is 5.94. The SMILES string of the molecule is Cc1noc2nc([C@H]3CCCN(C(=O)c4ccccc4F)C3)cc(C(F)F)c12. The predicted molar refractivity (Wildman–Crippen MR) is 95.8 cm³/mol. The number of carbonyl (C=O) groups excluding carboxylic acids is 1. The van der Waals surface area contributed by atoms with E-state index in [4.69, 9.17) is 4.52 Å². The molecule has 0 saturated carbocycles. The lowest BCUT2D eigenvalue weighted by atomic mass is 9.92. The predicted octanol–water partition coefficient (Wildman–Crippen LogP) is 4.63. The van der Waals surface area contributed by atoms with Crippen LogP contribution in [-0.4, -0.2) is 34.0 Å². The summed E-state index contributed by atoms with van der Waals surface area (Å²) in [5, 5.41) is 3.97. The van der Waals surface area contributed by atoms with Gasteiger partial charge in [0.25, 0.3) is 18.0 Å². The Morgan fingerprint density at radius 2 is 2.11 bits per heavy atom. The number of hydrogen-bond donors (Lipinski definition) is 0. The minimum atomic E-state index is -2.69. The van der Waals surface area contributed by atoms with Crippen molar-refractivity contribution >= 4 is 17.0 Å². The van der Waals surface area contributed by atoms with E-state index in [1.807, 2.05) is 0 Å². The third-order valence-electron chi connectivity index (χ3n) is 5.13. The Labute approximate surface area is 159 Å². The van der Waals surface area contributed by atoms with E-state index in [1.165, 1.54) is 24.3 Å². The van der Waals surface area contributed by atoms with E-state index in [2.05, 4.69) is 10.1 Å². The monoisotopic (exact) mass is 389 g/mol. The zero-order valence-corrected chi connectivity index (χ0v) is 15.2. The lowest BCUT2D eigenvalue weighted by molar-refractivity contribution is 0.0701. The van der Waals surface area contributed by atoms with Gasteiger partial charge in [-0.15, -0.1) is 0 Å². The number of benzene rings is 1. The van der Waals surface area contributed by atoms with Gasteiger partial charge in [-0.2, -0.15) is 0 Å². The van der Waals surface area contributed by atoms with Crippen LogP contribution >= 0.6 is 0 Å². The summed E-state index contributed by atoms with van der Waals surface area (Å²) in [5.41, 5.74) is 0.708. The molecule has 1 saturated heterocycles. The third kappa shape index (κ3) is 3.23. The van der Waals surface area contributed by atoms with Gasteiger partial charge in [0.05, 0.1) is 16.6 Å². The molecule has 0 aliphatic carbocycles. The number of piperidine rings is 1. The first-order valence-electron chi connectivity index (χ1n) is 9.04. The van der Waals surface area contributed by atoms with E-state index in [-0.39, 0.29) is 34.7 Å². The maximum atomic E-state index is 14.0. The van der Waals surface area contributed by atoms with Gasteiger partial charge in [-0.1, -0.05) is 17.3 Å². The molecule has 0 unspecified atom stereocenters. The van der Waals surface area contributed by atoms with Crippen LogP contribution in [0.1, 0.15) is 52.5 Å². The van der Waals surface area contributed by atoms with Gasteiger partial charge in [-0.05, 0) is 38.0 Å². The lowest BCUT2D eigenvalue weighted by Gasteiger charge is -2.32. The number of aromatic nitrogens is 2. The molecule has 1 aliphatic heterocycles. The molecule has 1 amide bonds. The molecule has 8 heteroatoms. The number of aryl methyl sites for hydroxylation is 1. The van der Waals surface area contributed by atoms with Crippen molar-refractivity contribution in [3.8, 4) is 0 Å². The van der Waals surface area contributed by atoms with E-state index in [9.17, 15) is 18.0 Å². The van der Waals surface area contributed by atoms with Crippen molar-refractivity contribution in [2.24, 2.45) is 0 Å². The smallest absolute Gasteiger partial charge is 0.264 e. The molecule has 0 bridgehead atoms. The van der Waals surface area contributed by atoms with Gasteiger partial charge in [-0.25, -0.2) is 18.2 Å². The van der Waals surface area contributed by atoms with Gasteiger partial charge < -0.3 is 9.42 Å². The highest BCUT2D eigenvalue weighted by Crippen LogP contribution is 2.34. The Hall–Kier alpha value is -2.90. The number of rotatable bonds is 3. The highest BCUT2D eigenvalue weighted by Gasteiger charge is 2.29. The molecule has 1 aliphatic rings. The fourth-order valence-electron chi connectivity index (χ4n) is 3.74. The van der Waals surface area contributed by atoms with E-state index in [0.717, 1.165) is 0 Å². The number of fused-ring (bicyclic) bond motifs is 1. The maximum Gasteiger partial charge on any atom is 0.264 e. The minimum absolute atomic E-state index is 0.00527. The van der Waals surface area contributed by atoms with Crippen LogP contribution in [0.2, 0.25) is 0 Å². The molecule has 0 radical (unpaired) electrons. The summed E-state index contributed by atoms with van der Waals surface area (Å²) < 4.78 is 46.2. The average molecular weight is 389 g/mol. The molecule has 3 heterocycles. The summed E-state index contributed by atoms with van der Waals surface area (Å²) in [6.07, 6.45) is -1.33. The first-order valence-corrected chi connectivity index (χ1v) is 9.04. The quantitative estimate of drug-likeness (QED) is 0.655. The molecule has 146 valence electrons. The second-order valence-electron chi connectivity index (χ2n) is 6.96. The van der Waals surface area contributed by atoms with Gasteiger partial charge in [0.2, 0.25) is 0 Å². The van der Waals surface area contributed by atoms with Gasteiger partial charge in [0, 0.05) is 30.3 Å². The second-order valence-corrected chi connectivity index (χ2v) is 6.96. The van der Waals surface area contributed by atoms with Crippen molar-refractivity contribution in [1.29, 1.82) is 0 Å². The summed E-state index contributed by atoms with van der Waals surface area (Å²) in [7, 11) is 0. The molecule has 3 aromatic rings. The molecule has 1 fully saturated rings. The van der Waals surface area contributed by atoms with Crippen LogP contribution in [0.3, 0.4) is 0 Å². The van der Waals surface area contributed by atoms with Crippen molar-refractivity contribution in [1.82, 2.24) is 15.0 Å². The van der Waals surface area contributed by atoms with Gasteiger partial charge in [-0.3, -0.25) is 4.79 Å². The maximum absolute atomic E-state index is 14.0. The Bertz CT molecular complexity index is 1030. The Morgan fingerprint density at radius 1 is 1.32 bits per heavy atom. The van der Waals surface area contributed by atoms with Crippen molar-refractivity contribution in [2.75, 3.05) is 13.1 Å². The summed E-state index contributed by atoms with van der Waals surface area (Å²) in [6, 6.07) is 7.19. The van der Waals surface area contributed by atoms with Crippen LogP contribution in [0.5, 0.6) is 0 Å². The van der Waals surface area contributed by atoms with E-state index < -0.39 is 18.1 Å².